The van der Waals surface area contributed by atoms with Crippen molar-refractivity contribution in [1.82, 2.24) is 4.90 Å². The summed E-state index contributed by atoms with van der Waals surface area (Å²) in [4.78, 5) is 20.2. The van der Waals surface area contributed by atoms with E-state index in [-0.39, 0.29) is 17.5 Å². The smallest absolute Gasteiger partial charge is 0.268 e. The molecule has 1 saturated carbocycles. The first-order chi connectivity index (χ1) is 19.2. The molecule has 6 rings (SSSR count). The Hall–Kier alpha value is -2.85. The lowest BCUT2D eigenvalue weighted by atomic mass is 9.97. The molecule has 212 valence electrons. The second-order valence-electron chi connectivity index (χ2n) is 11.7. The number of morpholine rings is 1. The van der Waals surface area contributed by atoms with Crippen LogP contribution < -0.4 is 9.80 Å². The largest absolute Gasteiger partial charge is 0.386 e. The van der Waals surface area contributed by atoms with Gasteiger partial charge < -0.3 is 19.6 Å². The third kappa shape index (κ3) is 5.52. The average Bonchev–Trinajstić information content (AvgIpc) is 3.31. The first-order valence-electron chi connectivity index (χ1n) is 13.9. The van der Waals surface area contributed by atoms with Gasteiger partial charge in [0.2, 0.25) is 0 Å². The molecule has 1 N–H and O–H groups in total. The Morgan fingerprint density at radius 3 is 2.45 bits per heavy atom. The lowest BCUT2D eigenvalue weighted by molar-refractivity contribution is 0.0781. The third-order valence-corrected chi connectivity index (χ3v) is 9.42. The van der Waals surface area contributed by atoms with E-state index >= 15 is 4.39 Å². The summed E-state index contributed by atoms with van der Waals surface area (Å²) in [6, 6.07) is 13.8. The van der Waals surface area contributed by atoms with E-state index in [1.165, 1.54) is 23.5 Å². The molecule has 6 nitrogen and oxygen atoms in total. The number of thiophene rings is 1. The zero-order chi connectivity index (χ0) is 28.0. The number of nitrogens with zero attached hydrogens (tertiary/aromatic N) is 3. The van der Waals surface area contributed by atoms with Crippen molar-refractivity contribution in [2.45, 2.75) is 26.0 Å². The predicted molar refractivity (Wildman–Crippen MR) is 153 cm³/mol. The van der Waals surface area contributed by atoms with E-state index in [2.05, 4.69) is 4.90 Å². The average molecular weight is 568 g/mol. The zero-order valence-electron chi connectivity index (χ0n) is 22.9. The molecule has 1 amide bonds. The molecule has 2 atom stereocenters. The number of aliphatic hydroxyl groups is 1. The monoisotopic (exact) mass is 567 g/mol. The van der Waals surface area contributed by atoms with Crippen LogP contribution in [0.1, 0.15) is 34.6 Å². The van der Waals surface area contributed by atoms with Crippen molar-refractivity contribution in [3.63, 3.8) is 0 Å². The molecule has 40 heavy (non-hydrogen) atoms. The summed E-state index contributed by atoms with van der Waals surface area (Å²) >= 11 is 1.39. The molecule has 9 heteroatoms. The molecule has 2 aromatic carbocycles. The number of piperidine rings is 1. The van der Waals surface area contributed by atoms with E-state index < -0.39 is 5.60 Å². The van der Waals surface area contributed by atoms with Gasteiger partial charge in [-0.1, -0.05) is 18.2 Å². The molecule has 3 aromatic rings. The Morgan fingerprint density at radius 1 is 1.07 bits per heavy atom. The second kappa shape index (κ2) is 10.9. The van der Waals surface area contributed by atoms with Gasteiger partial charge in [-0.25, -0.2) is 8.78 Å². The number of amides is 1. The third-order valence-electron chi connectivity index (χ3n) is 8.57. The summed E-state index contributed by atoms with van der Waals surface area (Å²) in [7, 11) is 0. The number of carbonyl (C=O) groups excluding carboxylic acids is 1. The summed E-state index contributed by atoms with van der Waals surface area (Å²) in [5.41, 5.74) is 1.21. The van der Waals surface area contributed by atoms with E-state index in [1.807, 2.05) is 28.5 Å². The van der Waals surface area contributed by atoms with Crippen molar-refractivity contribution in [2.75, 3.05) is 55.7 Å². The number of ether oxygens (including phenoxy) is 1. The number of hydrogen-bond acceptors (Lipinski definition) is 6. The van der Waals surface area contributed by atoms with Crippen LogP contribution >= 0.6 is 11.3 Å². The van der Waals surface area contributed by atoms with Crippen molar-refractivity contribution in [2.24, 2.45) is 17.8 Å². The Morgan fingerprint density at radius 2 is 1.82 bits per heavy atom. The minimum Gasteiger partial charge on any atom is -0.386 e. The highest BCUT2D eigenvalue weighted by Gasteiger charge is 2.56. The Bertz CT molecular complexity index is 1360. The first-order valence-corrected chi connectivity index (χ1v) is 14.8. The van der Waals surface area contributed by atoms with Gasteiger partial charge in [-0.05, 0) is 72.9 Å². The molecule has 3 heterocycles. The molecular weight excluding hydrogens is 532 g/mol. The molecule has 3 fully saturated rings. The number of benzene rings is 2. The minimum atomic E-state index is -1.08. The number of carbonyl (C=O) groups is 1. The van der Waals surface area contributed by atoms with E-state index in [0.29, 0.717) is 84.5 Å². The van der Waals surface area contributed by atoms with Gasteiger partial charge in [0.05, 0.1) is 29.4 Å². The summed E-state index contributed by atoms with van der Waals surface area (Å²) in [6.45, 7) is 8.46. The van der Waals surface area contributed by atoms with Gasteiger partial charge in [0.15, 0.2) is 0 Å². The minimum absolute atomic E-state index is 0.107. The van der Waals surface area contributed by atoms with Crippen LogP contribution in [0, 0.1) is 29.4 Å². The van der Waals surface area contributed by atoms with Gasteiger partial charge in [-0.2, -0.15) is 0 Å². The standard InChI is InChI=1S/C31H35F2N3O3S/c1-31(2,38)21-6-5-20(26(32)14-21)16-34-17-23-24(18-34)25(23)19-36(30(37)29-4-3-13-40-29)22-7-8-28(27(33)15-22)35-9-11-39-12-10-35/h3-8,13-15,23-25,38H,9-12,16-19H2,1-2H3. The van der Waals surface area contributed by atoms with Gasteiger partial charge in [0.25, 0.3) is 5.91 Å². The quantitative estimate of drug-likeness (QED) is 0.410. The van der Waals surface area contributed by atoms with Crippen LogP contribution in [-0.4, -0.2) is 61.9 Å². The zero-order valence-corrected chi connectivity index (χ0v) is 23.7. The van der Waals surface area contributed by atoms with E-state index in [1.54, 1.807) is 36.9 Å². The maximum atomic E-state index is 15.3. The highest BCUT2D eigenvalue weighted by Crippen LogP contribution is 2.52. The molecule has 2 aliphatic heterocycles. The van der Waals surface area contributed by atoms with E-state index in [9.17, 15) is 14.3 Å². The van der Waals surface area contributed by atoms with Crippen LogP contribution in [0.4, 0.5) is 20.2 Å². The van der Waals surface area contributed by atoms with Crippen LogP contribution in [0.25, 0.3) is 0 Å². The fraction of sp³-hybridized carbons (Fsp3) is 0.452. The van der Waals surface area contributed by atoms with Crippen molar-refractivity contribution < 1.29 is 23.4 Å². The highest BCUT2D eigenvalue weighted by atomic mass is 32.1. The van der Waals surface area contributed by atoms with Gasteiger partial charge in [0.1, 0.15) is 11.6 Å². The fourth-order valence-corrected chi connectivity index (χ4v) is 6.88. The van der Waals surface area contributed by atoms with Crippen LogP contribution in [0.15, 0.2) is 53.9 Å². The van der Waals surface area contributed by atoms with Gasteiger partial charge in [0, 0.05) is 50.5 Å². The topological polar surface area (TPSA) is 56.2 Å². The Labute approximate surface area is 237 Å². The lowest BCUT2D eigenvalue weighted by Gasteiger charge is -2.30. The van der Waals surface area contributed by atoms with Gasteiger partial charge in [-0.15, -0.1) is 11.3 Å². The summed E-state index contributed by atoms with van der Waals surface area (Å²) in [6.07, 6.45) is 0. The molecule has 3 aliphatic rings. The van der Waals surface area contributed by atoms with Crippen LogP contribution in [-0.2, 0) is 16.9 Å². The molecule has 0 spiro atoms. The number of fused-ring (bicyclic) bond motifs is 1. The van der Waals surface area contributed by atoms with E-state index in [4.69, 9.17) is 4.74 Å². The number of halogens is 2. The Kier molecular flexibility index (Phi) is 7.41. The molecule has 2 unspecified atom stereocenters. The number of anilines is 2. The molecule has 2 saturated heterocycles. The lowest BCUT2D eigenvalue weighted by Crippen LogP contribution is -2.37. The maximum absolute atomic E-state index is 15.3. The van der Waals surface area contributed by atoms with Crippen molar-refractivity contribution in [3.8, 4) is 0 Å². The highest BCUT2D eigenvalue weighted by molar-refractivity contribution is 7.12. The summed E-state index contributed by atoms with van der Waals surface area (Å²) in [5.74, 6) is 0.439. The number of likely N-dealkylation sites (tertiary alicyclic amines) is 1. The summed E-state index contributed by atoms with van der Waals surface area (Å²) < 4.78 is 35.5. The first kappa shape index (κ1) is 27.3. The molecule has 1 aromatic heterocycles. The molecule has 1 aliphatic carbocycles. The normalized spacial score (nSPS) is 22.8. The Balaban J connectivity index is 1.14. The number of hydrogen-bond donors (Lipinski definition) is 1. The maximum Gasteiger partial charge on any atom is 0.268 e. The van der Waals surface area contributed by atoms with E-state index in [0.717, 1.165) is 13.1 Å². The van der Waals surface area contributed by atoms with Gasteiger partial charge in [-0.3, -0.25) is 9.69 Å². The number of rotatable bonds is 8. The second-order valence-corrected chi connectivity index (χ2v) is 12.6. The predicted octanol–water partition coefficient (Wildman–Crippen LogP) is 5.12. The summed E-state index contributed by atoms with van der Waals surface area (Å²) in [5, 5.41) is 12.0. The van der Waals surface area contributed by atoms with Crippen molar-refractivity contribution in [1.29, 1.82) is 0 Å². The fourth-order valence-electron chi connectivity index (χ4n) is 6.21. The van der Waals surface area contributed by atoms with Crippen molar-refractivity contribution >= 4 is 28.6 Å². The van der Waals surface area contributed by atoms with Crippen LogP contribution in [0.3, 0.4) is 0 Å². The molecule has 0 radical (unpaired) electrons. The molecule has 0 bridgehead atoms. The SMILES string of the molecule is CC(C)(O)c1ccc(CN2CC3C(C2)C3CN(C(=O)c2cccs2)c2ccc(N3CCOCC3)c(F)c2)c(F)c1. The van der Waals surface area contributed by atoms with Gasteiger partial charge >= 0.3 is 0 Å². The van der Waals surface area contributed by atoms with Crippen LogP contribution in [0.5, 0.6) is 0 Å². The van der Waals surface area contributed by atoms with Crippen LogP contribution in [0.2, 0.25) is 0 Å². The van der Waals surface area contributed by atoms with Crippen molar-refractivity contribution in [3.05, 3.63) is 81.5 Å². The molecular formula is C31H35F2N3O3S.